The number of hydrogen-bond donors (Lipinski definition) is 1. The number of aliphatic hydroxyl groups excluding tert-OH is 1. The quantitative estimate of drug-likeness (QED) is 0.545. The molecule has 0 aromatic heterocycles. The highest BCUT2D eigenvalue weighted by atomic mass is 16.3. The second-order valence-electron chi connectivity index (χ2n) is 4.36. The molecule has 2 rings (SSSR count). The zero-order valence-corrected chi connectivity index (χ0v) is 6.64. The van der Waals surface area contributed by atoms with Crippen LogP contribution in [0.25, 0.3) is 0 Å². The topological polar surface area (TPSA) is 20.2 Å². The molecule has 10 heavy (non-hydrogen) atoms. The fourth-order valence-electron chi connectivity index (χ4n) is 2.69. The van der Waals surface area contributed by atoms with Crippen molar-refractivity contribution in [3.8, 4) is 0 Å². The molecule has 2 aliphatic rings. The smallest absolute Gasteiger partial charge is 0.0594 e. The molecule has 0 spiro atoms. The van der Waals surface area contributed by atoms with E-state index in [1.54, 1.807) is 0 Å². The van der Waals surface area contributed by atoms with Gasteiger partial charge in [0.1, 0.15) is 0 Å². The Morgan fingerprint density at radius 3 is 2.80 bits per heavy atom. The molecule has 2 bridgehead atoms. The maximum Gasteiger partial charge on any atom is 0.0594 e. The molecule has 58 valence electrons. The molecule has 2 aliphatic carbocycles. The molecule has 0 radical (unpaired) electrons. The Balaban J connectivity index is 2.17. The number of hydrogen-bond acceptors (Lipinski definition) is 1. The summed E-state index contributed by atoms with van der Waals surface area (Å²) in [5.41, 5.74) is 0.308. The average molecular weight is 140 g/mol. The van der Waals surface area contributed by atoms with Crippen LogP contribution in [0.15, 0.2) is 0 Å². The van der Waals surface area contributed by atoms with Crippen molar-refractivity contribution in [1.29, 1.82) is 0 Å². The van der Waals surface area contributed by atoms with Crippen molar-refractivity contribution >= 4 is 0 Å². The van der Waals surface area contributed by atoms with Gasteiger partial charge < -0.3 is 5.11 Å². The van der Waals surface area contributed by atoms with Gasteiger partial charge in [-0.25, -0.2) is 0 Å². The van der Waals surface area contributed by atoms with Crippen molar-refractivity contribution in [3.05, 3.63) is 0 Å². The van der Waals surface area contributed by atoms with Gasteiger partial charge in [-0.3, -0.25) is 0 Å². The van der Waals surface area contributed by atoms with Crippen molar-refractivity contribution in [1.82, 2.24) is 0 Å². The van der Waals surface area contributed by atoms with Crippen LogP contribution in [0, 0.1) is 11.3 Å². The second kappa shape index (κ2) is 1.97. The van der Waals surface area contributed by atoms with E-state index in [9.17, 15) is 5.11 Å². The van der Waals surface area contributed by atoms with Gasteiger partial charge in [-0.15, -0.1) is 0 Å². The summed E-state index contributed by atoms with van der Waals surface area (Å²) in [6.45, 7) is 2.25. The van der Waals surface area contributed by atoms with Crippen LogP contribution in [0.4, 0.5) is 0 Å². The predicted molar refractivity (Wildman–Crippen MR) is 40.7 cm³/mol. The molecule has 0 aromatic rings. The van der Waals surface area contributed by atoms with Crippen LogP contribution in [-0.4, -0.2) is 11.2 Å². The van der Waals surface area contributed by atoms with E-state index in [4.69, 9.17) is 0 Å². The van der Waals surface area contributed by atoms with Gasteiger partial charge in [0.15, 0.2) is 0 Å². The lowest BCUT2D eigenvalue weighted by molar-refractivity contribution is 0.0115. The first kappa shape index (κ1) is 6.66. The third-order valence-corrected chi connectivity index (χ3v) is 3.53. The summed E-state index contributed by atoms with van der Waals surface area (Å²) in [6, 6.07) is 0. The van der Waals surface area contributed by atoms with E-state index in [-0.39, 0.29) is 6.10 Å². The monoisotopic (exact) mass is 140 g/mol. The Morgan fingerprint density at radius 2 is 2.10 bits per heavy atom. The second-order valence-corrected chi connectivity index (χ2v) is 4.36. The normalized spacial score (nSPS) is 53.4. The van der Waals surface area contributed by atoms with Crippen molar-refractivity contribution in [3.63, 3.8) is 0 Å². The van der Waals surface area contributed by atoms with Gasteiger partial charge in [-0.2, -0.15) is 0 Å². The third kappa shape index (κ3) is 0.800. The summed E-state index contributed by atoms with van der Waals surface area (Å²) < 4.78 is 0. The molecule has 0 saturated heterocycles. The predicted octanol–water partition coefficient (Wildman–Crippen LogP) is 1.95. The first-order chi connectivity index (χ1) is 4.71. The van der Waals surface area contributed by atoms with E-state index >= 15 is 0 Å². The molecular weight excluding hydrogens is 124 g/mol. The molecule has 0 amide bonds. The van der Waals surface area contributed by atoms with Gasteiger partial charge in [0.05, 0.1) is 6.10 Å². The lowest BCUT2D eigenvalue weighted by atomic mass is 9.75. The summed E-state index contributed by atoms with van der Waals surface area (Å²) in [5.74, 6) is 0.952. The van der Waals surface area contributed by atoms with Gasteiger partial charge in [-0.05, 0) is 43.4 Å². The molecule has 0 heterocycles. The Bertz CT molecular complexity index is 142. The van der Waals surface area contributed by atoms with Crippen molar-refractivity contribution < 1.29 is 5.11 Å². The molecule has 0 aromatic carbocycles. The fourth-order valence-corrected chi connectivity index (χ4v) is 2.69. The van der Waals surface area contributed by atoms with Crippen molar-refractivity contribution in [2.75, 3.05) is 0 Å². The minimum Gasteiger partial charge on any atom is -0.393 e. The molecule has 1 nitrogen and oxygen atoms in total. The molecular formula is C9H16O. The number of aliphatic hydroxyl groups is 1. The maximum atomic E-state index is 9.65. The van der Waals surface area contributed by atoms with Gasteiger partial charge in [-0.1, -0.05) is 6.92 Å². The van der Waals surface area contributed by atoms with E-state index in [0.29, 0.717) is 5.41 Å². The first-order valence-corrected chi connectivity index (χ1v) is 4.39. The van der Waals surface area contributed by atoms with Gasteiger partial charge in [0.25, 0.3) is 0 Å². The number of fused-ring (bicyclic) bond motifs is 2. The summed E-state index contributed by atoms with van der Waals surface area (Å²) in [5, 5.41) is 9.65. The molecule has 2 fully saturated rings. The summed E-state index contributed by atoms with van der Waals surface area (Å²) in [7, 11) is 0. The minimum absolute atomic E-state index is 0.00579. The standard InChI is InChI=1S/C9H16O/c1-9-5-4-7(6-9)2-3-8(9)10/h7-8,10H,2-6H2,1H3/t7?,8-,9?/m0/s1. The summed E-state index contributed by atoms with van der Waals surface area (Å²) in [4.78, 5) is 0. The molecule has 2 saturated carbocycles. The molecule has 0 aliphatic heterocycles. The Morgan fingerprint density at radius 1 is 1.30 bits per heavy atom. The molecule has 2 unspecified atom stereocenters. The summed E-state index contributed by atoms with van der Waals surface area (Å²) in [6.07, 6.45) is 6.25. The van der Waals surface area contributed by atoms with Crippen LogP contribution in [0.3, 0.4) is 0 Å². The third-order valence-electron chi connectivity index (χ3n) is 3.53. The van der Waals surface area contributed by atoms with Crippen LogP contribution >= 0.6 is 0 Å². The lowest BCUT2D eigenvalue weighted by Crippen LogP contribution is -2.32. The van der Waals surface area contributed by atoms with Gasteiger partial charge in [0, 0.05) is 0 Å². The van der Waals surface area contributed by atoms with Crippen LogP contribution in [0.2, 0.25) is 0 Å². The molecule has 3 atom stereocenters. The maximum absolute atomic E-state index is 9.65. The van der Waals surface area contributed by atoms with Crippen LogP contribution < -0.4 is 0 Å². The van der Waals surface area contributed by atoms with Crippen molar-refractivity contribution in [2.45, 2.75) is 45.1 Å². The minimum atomic E-state index is 0.00579. The van der Waals surface area contributed by atoms with Crippen molar-refractivity contribution in [2.24, 2.45) is 11.3 Å². The zero-order chi connectivity index (χ0) is 7.19. The Hall–Kier alpha value is -0.0400. The van der Waals surface area contributed by atoms with Gasteiger partial charge in [0.2, 0.25) is 0 Å². The summed E-state index contributed by atoms with van der Waals surface area (Å²) >= 11 is 0. The van der Waals surface area contributed by atoms with Crippen LogP contribution in [0.1, 0.15) is 39.0 Å². The highest BCUT2D eigenvalue weighted by molar-refractivity contribution is 4.95. The molecule has 1 heteroatoms. The highest BCUT2D eigenvalue weighted by Crippen LogP contribution is 2.50. The highest BCUT2D eigenvalue weighted by Gasteiger charge is 2.44. The average Bonchev–Trinajstić information content (AvgIpc) is 2.22. The fraction of sp³-hybridized carbons (Fsp3) is 1.00. The Labute approximate surface area is 62.4 Å². The van der Waals surface area contributed by atoms with Gasteiger partial charge >= 0.3 is 0 Å². The molecule has 1 N–H and O–H groups in total. The van der Waals surface area contributed by atoms with E-state index in [2.05, 4.69) is 6.92 Å². The van der Waals surface area contributed by atoms with E-state index in [1.807, 2.05) is 0 Å². The van der Waals surface area contributed by atoms with E-state index in [1.165, 1.54) is 25.7 Å². The first-order valence-electron chi connectivity index (χ1n) is 4.39. The van der Waals surface area contributed by atoms with Crippen LogP contribution in [-0.2, 0) is 0 Å². The van der Waals surface area contributed by atoms with E-state index in [0.717, 1.165) is 12.3 Å². The SMILES string of the molecule is CC12CCC(CC[C@@H]1O)C2. The zero-order valence-electron chi connectivity index (χ0n) is 6.64. The van der Waals surface area contributed by atoms with E-state index < -0.39 is 0 Å². The number of rotatable bonds is 0. The largest absolute Gasteiger partial charge is 0.393 e. The lowest BCUT2D eigenvalue weighted by Gasteiger charge is -2.34. The Kier molecular flexibility index (Phi) is 1.31. The van der Waals surface area contributed by atoms with Crippen LogP contribution in [0.5, 0.6) is 0 Å².